The molecular formula is C15H19ClN2O. The first-order valence-corrected chi connectivity index (χ1v) is 6.81. The lowest BCUT2D eigenvalue weighted by atomic mass is 10.0. The Kier molecular flexibility index (Phi) is 3.29. The summed E-state index contributed by atoms with van der Waals surface area (Å²) in [6.07, 6.45) is 1.34. The second-order valence-electron chi connectivity index (χ2n) is 5.26. The van der Waals surface area contributed by atoms with Crippen LogP contribution in [0, 0.1) is 0 Å². The van der Waals surface area contributed by atoms with Gasteiger partial charge in [0.15, 0.2) is 0 Å². The highest BCUT2D eigenvalue weighted by molar-refractivity contribution is 5.89. The second-order valence-corrected chi connectivity index (χ2v) is 5.26. The Hall–Kier alpha value is -1.03. The van der Waals surface area contributed by atoms with Gasteiger partial charge in [0.1, 0.15) is 0 Å². The van der Waals surface area contributed by atoms with Gasteiger partial charge < -0.3 is 14.6 Å². The zero-order valence-electron chi connectivity index (χ0n) is 11.1. The van der Waals surface area contributed by atoms with E-state index in [1.807, 2.05) is 0 Å². The standard InChI is InChI=1S/C15H18N2O.ClH/c1-10-11-3-2-4-12-13-9-16-6-5-14(13)17(15(11)12)7-8-18-10;/h2-4,10,16H,5-9H2,1H3;1H. The molecule has 0 spiro atoms. The van der Waals surface area contributed by atoms with Crippen LogP contribution in [0.2, 0.25) is 0 Å². The highest BCUT2D eigenvalue weighted by Gasteiger charge is 2.24. The normalized spacial score (nSPS) is 21.6. The molecular weight excluding hydrogens is 260 g/mol. The molecule has 102 valence electrons. The third-order valence-electron chi connectivity index (χ3n) is 4.30. The fraction of sp³-hybridized carbons (Fsp3) is 0.467. The van der Waals surface area contributed by atoms with Gasteiger partial charge in [-0.3, -0.25) is 0 Å². The zero-order valence-corrected chi connectivity index (χ0v) is 11.9. The molecule has 2 aliphatic rings. The number of hydrogen-bond acceptors (Lipinski definition) is 2. The van der Waals surface area contributed by atoms with Crippen LogP contribution in [0.3, 0.4) is 0 Å². The average Bonchev–Trinajstić information content (AvgIpc) is 2.63. The van der Waals surface area contributed by atoms with Crippen molar-refractivity contribution in [2.45, 2.75) is 32.5 Å². The van der Waals surface area contributed by atoms with Crippen molar-refractivity contribution in [1.29, 1.82) is 0 Å². The number of ether oxygens (including phenoxy) is 1. The third kappa shape index (κ3) is 1.80. The molecule has 1 aromatic carbocycles. The molecule has 0 saturated carbocycles. The molecule has 4 heteroatoms. The van der Waals surface area contributed by atoms with Gasteiger partial charge in [0, 0.05) is 42.7 Å². The number of benzene rings is 1. The van der Waals surface area contributed by atoms with E-state index in [4.69, 9.17) is 4.74 Å². The number of halogens is 1. The van der Waals surface area contributed by atoms with E-state index in [1.165, 1.54) is 27.7 Å². The van der Waals surface area contributed by atoms with Crippen LogP contribution in [0.1, 0.15) is 29.8 Å². The van der Waals surface area contributed by atoms with Crippen LogP contribution in [0.5, 0.6) is 0 Å². The molecule has 0 saturated heterocycles. The van der Waals surface area contributed by atoms with Gasteiger partial charge in [0.2, 0.25) is 0 Å². The van der Waals surface area contributed by atoms with Gasteiger partial charge in [0.25, 0.3) is 0 Å². The predicted octanol–water partition coefficient (Wildman–Crippen LogP) is 2.80. The lowest BCUT2D eigenvalue weighted by Crippen LogP contribution is -2.25. The minimum Gasteiger partial charge on any atom is -0.372 e. The Morgan fingerprint density at radius 1 is 1.37 bits per heavy atom. The SMILES string of the molecule is CC1OCCn2c3c(c4cccc1c42)CNCC3.Cl. The lowest BCUT2D eigenvalue weighted by molar-refractivity contribution is 0.0658. The van der Waals surface area contributed by atoms with Gasteiger partial charge >= 0.3 is 0 Å². The van der Waals surface area contributed by atoms with Crippen molar-refractivity contribution in [1.82, 2.24) is 9.88 Å². The van der Waals surface area contributed by atoms with Crippen molar-refractivity contribution in [3.63, 3.8) is 0 Å². The summed E-state index contributed by atoms with van der Waals surface area (Å²) in [6.45, 7) is 6.08. The van der Waals surface area contributed by atoms with E-state index >= 15 is 0 Å². The maximum absolute atomic E-state index is 5.89. The number of fused-ring (bicyclic) bond motifs is 3. The molecule has 3 nitrogen and oxygen atoms in total. The Morgan fingerprint density at radius 3 is 3.16 bits per heavy atom. The van der Waals surface area contributed by atoms with Crippen LogP contribution in [0.4, 0.5) is 0 Å². The van der Waals surface area contributed by atoms with Gasteiger partial charge in [-0.1, -0.05) is 18.2 Å². The Morgan fingerprint density at radius 2 is 2.26 bits per heavy atom. The molecule has 2 aromatic rings. The summed E-state index contributed by atoms with van der Waals surface area (Å²) in [6, 6.07) is 6.65. The van der Waals surface area contributed by atoms with E-state index in [2.05, 4.69) is 35.0 Å². The molecule has 1 N–H and O–H groups in total. The molecule has 1 atom stereocenters. The van der Waals surface area contributed by atoms with Crippen molar-refractivity contribution in [3.8, 4) is 0 Å². The molecule has 0 bridgehead atoms. The molecule has 0 amide bonds. The monoisotopic (exact) mass is 278 g/mol. The minimum atomic E-state index is 0. The summed E-state index contributed by atoms with van der Waals surface area (Å²) in [5.74, 6) is 0. The molecule has 4 rings (SSSR count). The van der Waals surface area contributed by atoms with Crippen molar-refractivity contribution in [2.24, 2.45) is 0 Å². The summed E-state index contributed by atoms with van der Waals surface area (Å²) in [5.41, 5.74) is 5.79. The van der Waals surface area contributed by atoms with Crippen LogP contribution in [0.25, 0.3) is 10.9 Å². The number of rotatable bonds is 0. The van der Waals surface area contributed by atoms with Crippen LogP contribution in [-0.2, 0) is 24.2 Å². The van der Waals surface area contributed by atoms with E-state index in [1.54, 1.807) is 0 Å². The maximum atomic E-state index is 5.89. The lowest BCUT2D eigenvalue weighted by Gasteiger charge is -2.16. The highest BCUT2D eigenvalue weighted by Crippen LogP contribution is 2.35. The van der Waals surface area contributed by atoms with Crippen molar-refractivity contribution in [3.05, 3.63) is 35.0 Å². The van der Waals surface area contributed by atoms with Crippen LogP contribution < -0.4 is 5.32 Å². The van der Waals surface area contributed by atoms with Crippen LogP contribution in [-0.4, -0.2) is 17.7 Å². The van der Waals surface area contributed by atoms with E-state index in [0.717, 1.165) is 32.7 Å². The van der Waals surface area contributed by atoms with Gasteiger partial charge in [-0.05, 0) is 12.5 Å². The highest BCUT2D eigenvalue weighted by atomic mass is 35.5. The summed E-state index contributed by atoms with van der Waals surface area (Å²) in [5, 5.41) is 4.92. The maximum Gasteiger partial charge on any atom is 0.0818 e. The second kappa shape index (κ2) is 4.82. The van der Waals surface area contributed by atoms with Gasteiger partial charge in [0.05, 0.1) is 18.2 Å². The van der Waals surface area contributed by atoms with Gasteiger partial charge in [-0.15, -0.1) is 12.4 Å². The number of nitrogens with zero attached hydrogens (tertiary/aromatic N) is 1. The molecule has 2 aliphatic heterocycles. The molecule has 19 heavy (non-hydrogen) atoms. The Labute approximate surface area is 119 Å². The van der Waals surface area contributed by atoms with E-state index < -0.39 is 0 Å². The largest absolute Gasteiger partial charge is 0.372 e. The van der Waals surface area contributed by atoms with Crippen LogP contribution in [0.15, 0.2) is 18.2 Å². The summed E-state index contributed by atoms with van der Waals surface area (Å²) in [4.78, 5) is 0. The molecule has 3 heterocycles. The molecule has 0 aliphatic carbocycles. The quantitative estimate of drug-likeness (QED) is 0.802. The predicted molar refractivity (Wildman–Crippen MR) is 79.0 cm³/mol. The molecule has 1 aromatic heterocycles. The first-order chi connectivity index (χ1) is 8.86. The third-order valence-corrected chi connectivity index (χ3v) is 4.30. The fourth-order valence-electron chi connectivity index (χ4n) is 3.45. The number of para-hydroxylation sites is 1. The molecule has 1 unspecified atom stereocenters. The first-order valence-electron chi connectivity index (χ1n) is 6.81. The molecule has 0 radical (unpaired) electrons. The first kappa shape index (κ1) is 13.0. The van der Waals surface area contributed by atoms with Crippen molar-refractivity contribution >= 4 is 23.3 Å². The summed E-state index contributed by atoms with van der Waals surface area (Å²) in [7, 11) is 0. The fourth-order valence-corrected chi connectivity index (χ4v) is 3.45. The topological polar surface area (TPSA) is 26.2 Å². The van der Waals surface area contributed by atoms with E-state index in [9.17, 15) is 0 Å². The number of aromatic nitrogens is 1. The number of nitrogens with one attached hydrogen (secondary N) is 1. The van der Waals surface area contributed by atoms with Crippen molar-refractivity contribution in [2.75, 3.05) is 13.2 Å². The van der Waals surface area contributed by atoms with E-state index in [-0.39, 0.29) is 18.5 Å². The Balaban J connectivity index is 0.00000110. The van der Waals surface area contributed by atoms with Gasteiger partial charge in [-0.25, -0.2) is 0 Å². The zero-order chi connectivity index (χ0) is 12.1. The summed E-state index contributed by atoms with van der Waals surface area (Å²) >= 11 is 0. The average molecular weight is 279 g/mol. The van der Waals surface area contributed by atoms with Crippen LogP contribution >= 0.6 is 12.4 Å². The smallest absolute Gasteiger partial charge is 0.0818 e. The van der Waals surface area contributed by atoms with Crippen molar-refractivity contribution < 1.29 is 4.74 Å². The summed E-state index contributed by atoms with van der Waals surface area (Å²) < 4.78 is 8.39. The molecule has 0 fully saturated rings. The number of hydrogen-bond donors (Lipinski definition) is 1. The van der Waals surface area contributed by atoms with Gasteiger partial charge in [-0.2, -0.15) is 0 Å². The Bertz CT molecular complexity index is 620. The minimum absolute atomic E-state index is 0. The van der Waals surface area contributed by atoms with E-state index in [0.29, 0.717) is 0 Å².